The van der Waals surface area contributed by atoms with Crippen molar-refractivity contribution in [2.75, 3.05) is 18.1 Å². The first kappa shape index (κ1) is 11.9. The Bertz CT molecular complexity index is 250. The van der Waals surface area contributed by atoms with Crippen molar-refractivity contribution < 1.29 is 0 Å². The van der Waals surface area contributed by atoms with E-state index >= 15 is 0 Å². The highest BCUT2D eigenvalue weighted by Gasteiger charge is 1.98. The first-order chi connectivity index (χ1) is 6.83. The van der Waals surface area contributed by atoms with E-state index in [1.165, 1.54) is 17.9 Å². The van der Waals surface area contributed by atoms with Gasteiger partial charge in [-0.3, -0.25) is 0 Å². The van der Waals surface area contributed by atoms with Gasteiger partial charge in [0.05, 0.1) is 0 Å². The van der Waals surface area contributed by atoms with E-state index in [4.69, 9.17) is 0 Å². The van der Waals surface area contributed by atoms with Gasteiger partial charge in [0.15, 0.2) is 0 Å². The molecule has 0 bridgehead atoms. The third kappa shape index (κ3) is 4.93. The average Bonchev–Trinajstić information content (AvgIpc) is 2.58. The summed E-state index contributed by atoms with van der Waals surface area (Å²) in [7, 11) is 0. The summed E-state index contributed by atoms with van der Waals surface area (Å²) >= 11 is 3.66. The molecule has 0 aliphatic carbocycles. The molecule has 1 aromatic rings. The van der Waals surface area contributed by atoms with Crippen LogP contribution in [-0.2, 0) is 6.54 Å². The second kappa shape index (κ2) is 7.20. The van der Waals surface area contributed by atoms with Gasteiger partial charge < -0.3 is 5.32 Å². The smallest absolute Gasteiger partial charge is 0.131 e. The van der Waals surface area contributed by atoms with Gasteiger partial charge >= 0.3 is 0 Å². The minimum Gasteiger partial charge on any atom is -0.310 e. The van der Waals surface area contributed by atoms with E-state index in [1.54, 1.807) is 11.3 Å². The standard InChI is InChI=1S/C9H17N3S2/c1-3-13-6-4-5-10-7-9-12-11-8(2)14-9/h10H,3-7H2,1-2H3. The van der Waals surface area contributed by atoms with E-state index in [0.717, 1.165) is 23.1 Å². The van der Waals surface area contributed by atoms with Crippen LogP contribution in [0, 0.1) is 6.92 Å². The lowest BCUT2D eigenvalue weighted by molar-refractivity contribution is 0.671. The fourth-order valence-corrected chi connectivity index (χ4v) is 2.36. The number of hydrogen-bond donors (Lipinski definition) is 1. The lowest BCUT2D eigenvalue weighted by atomic mass is 10.5. The summed E-state index contributed by atoms with van der Waals surface area (Å²) in [5, 5.41) is 13.5. The lowest BCUT2D eigenvalue weighted by Gasteiger charge is -2.00. The Hall–Kier alpha value is -0.130. The summed E-state index contributed by atoms with van der Waals surface area (Å²) in [6, 6.07) is 0. The molecule has 0 atom stereocenters. The molecule has 1 N–H and O–H groups in total. The van der Waals surface area contributed by atoms with Crippen molar-refractivity contribution in [2.24, 2.45) is 0 Å². The summed E-state index contributed by atoms with van der Waals surface area (Å²) in [6.07, 6.45) is 1.23. The van der Waals surface area contributed by atoms with Crippen molar-refractivity contribution in [1.29, 1.82) is 0 Å². The molecule has 0 aromatic carbocycles. The maximum atomic E-state index is 4.05. The van der Waals surface area contributed by atoms with Crippen molar-refractivity contribution >= 4 is 23.1 Å². The molecule has 0 aliphatic rings. The Balaban J connectivity index is 1.99. The number of aromatic nitrogens is 2. The summed E-state index contributed by atoms with van der Waals surface area (Å²) in [5.74, 6) is 2.47. The van der Waals surface area contributed by atoms with Gasteiger partial charge in [0.25, 0.3) is 0 Å². The number of thioether (sulfide) groups is 1. The zero-order valence-corrected chi connectivity index (χ0v) is 10.4. The third-order valence-electron chi connectivity index (χ3n) is 1.69. The minimum absolute atomic E-state index is 0.863. The molecule has 1 heterocycles. The molecule has 80 valence electrons. The largest absolute Gasteiger partial charge is 0.310 e. The molecule has 1 aromatic heterocycles. The van der Waals surface area contributed by atoms with Crippen molar-refractivity contribution in [2.45, 2.75) is 26.8 Å². The van der Waals surface area contributed by atoms with Gasteiger partial charge in [-0.15, -0.1) is 21.5 Å². The molecule has 0 spiro atoms. The van der Waals surface area contributed by atoms with Crippen LogP contribution in [0.25, 0.3) is 0 Å². The fourth-order valence-electron chi connectivity index (χ4n) is 1.05. The van der Waals surface area contributed by atoms with Crippen LogP contribution in [0.5, 0.6) is 0 Å². The Morgan fingerprint density at radius 3 is 2.93 bits per heavy atom. The summed E-state index contributed by atoms with van der Waals surface area (Å²) in [5.41, 5.74) is 0. The number of nitrogens with one attached hydrogen (secondary N) is 1. The quantitative estimate of drug-likeness (QED) is 0.729. The van der Waals surface area contributed by atoms with E-state index in [9.17, 15) is 0 Å². The van der Waals surface area contributed by atoms with Gasteiger partial charge in [-0.05, 0) is 31.4 Å². The van der Waals surface area contributed by atoms with Gasteiger partial charge in [-0.25, -0.2) is 0 Å². The van der Waals surface area contributed by atoms with Crippen molar-refractivity contribution in [3.63, 3.8) is 0 Å². The maximum absolute atomic E-state index is 4.05. The van der Waals surface area contributed by atoms with Crippen LogP contribution in [-0.4, -0.2) is 28.2 Å². The molecular formula is C9H17N3S2. The topological polar surface area (TPSA) is 37.8 Å². The van der Waals surface area contributed by atoms with Crippen LogP contribution in [0.3, 0.4) is 0 Å². The molecule has 0 unspecified atom stereocenters. The Labute approximate surface area is 93.7 Å². The predicted molar refractivity (Wildman–Crippen MR) is 64.0 cm³/mol. The summed E-state index contributed by atoms with van der Waals surface area (Å²) < 4.78 is 0. The Kier molecular flexibility index (Phi) is 6.14. The normalized spacial score (nSPS) is 10.7. The Morgan fingerprint density at radius 2 is 2.29 bits per heavy atom. The minimum atomic E-state index is 0.863. The maximum Gasteiger partial charge on any atom is 0.131 e. The molecule has 0 radical (unpaired) electrons. The van der Waals surface area contributed by atoms with Crippen LogP contribution < -0.4 is 5.32 Å². The molecular weight excluding hydrogens is 214 g/mol. The van der Waals surface area contributed by atoms with Crippen LogP contribution in [0.4, 0.5) is 0 Å². The molecule has 0 amide bonds. The number of rotatable bonds is 7. The Morgan fingerprint density at radius 1 is 1.43 bits per heavy atom. The number of nitrogens with zero attached hydrogens (tertiary/aromatic N) is 2. The molecule has 14 heavy (non-hydrogen) atoms. The van der Waals surface area contributed by atoms with E-state index in [0.29, 0.717) is 0 Å². The highest BCUT2D eigenvalue weighted by atomic mass is 32.2. The van der Waals surface area contributed by atoms with Crippen molar-refractivity contribution in [3.05, 3.63) is 10.0 Å². The second-order valence-electron chi connectivity index (χ2n) is 2.94. The fraction of sp³-hybridized carbons (Fsp3) is 0.778. The van der Waals surface area contributed by atoms with Crippen molar-refractivity contribution in [3.8, 4) is 0 Å². The summed E-state index contributed by atoms with van der Waals surface area (Å²) in [6.45, 7) is 6.12. The van der Waals surface area contributed by atoms with Crippen molar-refractivity contribution in [1.82, 2.24) is 15.5 Å². The monoisotopic (exact) mass is 231 g/mol. The van der Waals surface area contributed by atoms with Crippen LogP contribution in [0.2, 0.25) is 0 Å². The zero-order valence-electron chi connectivity index (χ0n) is 8.75. The van der Waals surface area contributed by atoms with Gasteiger partial charge in [0, 0.05) is 6.54 Å². The van der Waals surface area contributed by atoms with Gasteiger partial charge in [0.1, 0.15) is 10.0 Å². The predicted octanol–water partition coefficient (Wildman–Crippen LogP) is 2.08. The highest BCUT2D eigenvalue weighted by Crippen LogP contribution is 2.07. The van der Waals surface area contributed by atoms with Gasteiger partial charge in [0.2, 0.25) is 0 Å². The molecule has 3 nitrogen and oxygen atoms in total. The molecule has 1 rings (SSSR count). The molecule has 5 heteroatoms. The lowest BCUT2D eigenvalue weighted by Crippen LogP contribution is -2.15. The zero-order chi connectivity index (χ0) is 10.2. The first-order valence-corrected chi connectivity index (χ1v) is 6.87. The SMILES string of the molecule is CCSCCCNCc1nnc(C)s1. The average molecular weight is 231 g/mol. The number of aryl methyl sites for hydroxylation is 1. The highest BCUT2D eigenvalue weighted by molar-refractivity contribution is 7.99. The van der Waals surface area contributed by atoms with Crippen LogP contribution >= 0.6 is 23.1 Å². The second-order valence-corrected chi connectivity index (χ2v) is 5.60. The van der Waals surface area contributed by atoms with E-state index in [-0.39, 0.29) is 0 Å². The number of hydrogen-bond acceptors (Lipinski definition) is 5. The van der Waals surface area contributed by atoms with Gasteiger partial charge in [-0.1, -0.05) is 6.92 Å². The first-order valence-electron chi connectivity index (χ1n) is 4.90. The van der Waals surface area contributed by atoms with E-state index in [2.05, 4.69) is 22.4 Å². The molecule has 0 aliphatic heterocycles. The molecule has 0 saturated carbocycles. The molecule has 0 saturated heterocycles. The molecule has 0 fully saturated rings. The third-order valence-corrected chi connectivity index (χ3v) is 3.51. The van der Waals surface area contributed by atoms with Crippen LogP contribution in [0.15, 0.2) is 0 Å². The van der Waals surface area contributed by atoms with Crippen LogP contribution in [0.1, 0.15) is 23.4 Å². The van der Waals surface area contributed by atoms with Gasteiger partial charge in [-0.2, -0.15) is 11.8 Å². The van der Waals surface area contributed by atoms with E-state index in [1.807, 2.05) is 18.7 Å². The van der Waals surface area contributed by atoms with E-state index < -0.39 is 0 Å². The summed E-state index contributed by atoms with van der Waals surface area (Å²) in [4.78, 5) is 0.